The van der Waals surface area contributed by atoms with E-state index >= 15 is 0 Å². The standard InChI is InChI=1S/C17H29F3N6/c1-4-21-16(22-7-5-8-24(2)13-17(18,19)20)26-9-6-14(12-26)15-10-23-25(3)11-15/h10-11,14H,4-9,12-13H2,1-3H3,(H,21,22). The molecule has 1 unspecified atom stereocenters. The number of alkyl halides is 3. The van der Waals surface area contributed by atoms with Gasteiger partial charge in [-0.2, -0.15) is 18.3 Å². The van der Waals surface area contributed by atoms with E-state index in [0.717, 1.165) is 32.0 Å². The van der Waals surface area contributed by atoms with Crippen molar-refractivity contribution in [2.75, 3.05) is 46.3 Å². The third-order valence-electron chi connectivity index (χ3n) is 4.43. The van der Waals surface area contributed by atoms with Crippen LogP contribution in [0.4, 0.5) is 13.2 Å². The molecule has 9 heteroatoms. The molecule has 0 saturated carbocycles. The molecule has 1 saturated heterocycles. The van der Waals surface area contributed by atoms with Crippen LogP contribution in [0, 0.1) is 0 Å². The van der Waals surface area contributed by atoms with E-state index in [0.29, 0.717) is 25.4 Å². The largest absolute Gasteiger partial charge is 0.401 e. The summed E-state index contributed by atoms with van der Waals surface area (Å²) in [6, 6.07) is 0. The minimum Gasteiger partial charge on any atom is -0.357 e. The van der Waals surface area contributed by atoms with E-state index in [1.807, 2.05) is 24.9 Å². The summed E-state index contributed by atoms with van der Waals surface area (Å²) in [4.78, 5) is 8.11. The van der Waals surface area contributed by atoms with Crippen LogP contribution >= 0.6 is 0 Å². The van der Waals surface area contributed by atoms with Crippen LogP contribution < -0.4 is 5.32 Å². The van der Waals surface area contributed by atoms with Gasteiger partial charge in [0.1, 0.15) is 0 Å². The van der Waals surface area contributed by atoms with Gasteiger partial charge in [0.15, 0.2) is 5.96 Å². The van der Waals surface area contributed by atoms with Gasteiger partial charge in [-0.3, -0.25) is 14.6 Å². The molecule has 0 bridgehead atoms. The van der Waals surface area contributed by atoms with E-state index in [1.54, 1.807) is 0 Å². The lowest BCUT2D eigenvalue weighted by atomic mass is 10.0. The molecule has 0 aromatic carbocycles. The zero-order valence-corrected chi connectivity index (χ0v) is 15.8. The zero-order valence-electron chi connectivity index (χ0n) is 15.8. The highest BCUT2D eigenvalue weighted by Gasteiger charge is 2.29. The highest BCUT2D eigenvalue weighted by Crippen LogP contribution is 2.26. The molecule has 26 heavy (non-hydrogen) atoms. The molecule has 2 heterocycles. The molecule has 1 aliphatic heterocycles. The Balaban J connectivity index is 1.83. The number of nitrogens with zero attached hydrogens (tertiary/aromatic N) is 5. The Bertz CT molecular complexity index is 583. The highest BCUT2D eigenvalue weighted by atomic mass is 19.4. The molecule has 0 spiro atoms. The fraction of sp³-hybridized carbons (Fsp3) is 0.765. The monoisotopic (exact) mass is 374 g/mol. The van der Waals surface area contributed by atoms with E-state index in [9.17, 15) is 13.2 Å². The van der Waals surface area contributed by atoms with Gasteiger partial charge in [-0.05, 0) is 38.9 Å². The van der Waals surface area contributed by atoms with Gasteiger partial charge in [-0.15, -0.1) is 0 Å². The van der Waals surface area contributed by atoms with Crippen LogP contribution in [0.1, 0.15) is 31.2 Å². The number of aryl methyl sites for hydroxylation is 1. The molecule has 1 aromatic heterocycles. The maximum atomic E-state index is 12.3. The number of halogens is 3. The van der Waals surface area contributed by atoms with Gasteiger partial charge < -0.3 is 10.2 Å². The van der Waals surface area contributed by atoms with Crippen molar-refractivity contribution >= 4 is 5.96 Å². The average Bonchev–Trinajstić information content (AvgIpc) is 3.17. The Morgan fingerprint density at radius 2 is 2.23 bits per heavy atom. The molecule has 1 aromatic rings. The molecular formula is C17H29F3N6. The number of aromatic nitrogens is 2. The molecule has 6 nitrogen and oxygen atoms in total. The van der Waals surface area contributed by atoms with Crippen molar-refractivity contribution in [3.8, 4) is 0 Å². The molecule has 0 amide bonds. The van der Waals surface area contributed by atoms with E-state index in [4.69, 9.17) is 0 Å². The second-order valence-corrected chi connectivity index (χ2v) is 6.82. The molecule has 0 aliphatic carbocycles. The van der Waals surface area contributed by atoms with E-state index in [2.05, 4.69) is 26.5 Å². The second kappa shape index (κ2) is 9.25. The minimum atomic E-state index is -4.15. The number of rotatable bonds is 7. The topological polar surface area (TPSA) is 48.7 Å². The zero-order chi connectivity index (χ0) is 19.2. The van der Waals surface area contributed by atoms with Gasteiger partial charge >= 0.3 is 6.18 Å². The Morgan fingerprint density at radius 1 is 1.46 bits per heavy atom. The van der Waals surface area contributed by atoms with Crippen molar-refractivity contribution in [2.45, 2.75) is 31.9 Å². The lowest BCUT2D eigenvalue weighted by Gasteiger charge is -2.22. The molecule has 1 aliphatic rings. The number of aliphatic imine (C=N–C) groups is 1. The summed E-state index contributed by atoms with van der Waals surface area (Å²) < 4.78 is 38.8. The van der Waals surface area contributed by atoms with Crippen molar-refractivity contribution in [1.82, 2.24) is 24.9 Å². The summed E-state index contributed by atoms with van der Waals surface area (Å²) in [6.45, 7) is 4.59. The molecule has 1 atom stereocenters. The van der Waals surface area contributed by atoms with Crippen LogP contribution in [0.3, 0.4) is 0 Å². The summed E-state index contributed by atoms with van der Waals surface area (Å²) >= 11 is 0. The Hall–Kier alpha value is -1.77. The molecule has 1 fully saturated rings. The van der Waals surface area contributed by atoms with Crippen LogP contribution in [0.25, 0.3) is 0 Å². The molecule has 148 valence electrons. The van der Waals surface area contributed by atoms with E-state index in [1.165, 1.54) is 17.5 Å². The van der Waals surface area contributed by atoms with Crippen LogP contribution in [0.2, 0.25) is 0 Å². The normalized spacial score (nSPS) is 18.8. The van der Waals surface area contributed by atoms with Crippen molar-refractivity contribution in [2.24, 2.45) is 12.0 Å². The van der Waals surface area contributed by atoms with Crippen molar-refractivity contribution in [3.63, 3.8) is 0 Å². The molecule has 0 radical (unpaired) electrons. The summed E-state index contributed by atoms with van der Waals surface area (Å²) in [6.07, 6.45) is 1.46. The van der Waals surface area contributed by atoms with Gasteiger partial charge in [0.05, 0.1) is 12.7 Å². The first-order valence-corrected chi connectivity index (χ1v) is 9.05. The second-order valence-electron chi connectivity index (χ2n) is 6.82. The SMILES string of the molecule is CCNC(=NCCCN(C)CC(F)(F)F)N1CCC(c2cnn(C)c2)C1. The van der Waals surface area contributed by atoms with Crippen molar-refractivity contribution < 1.29 is 13.2 Å². The summed E-state index contributed by atoms with van der Waals surface area (Å²) in [5.74, 6) is 1.28. The highest BCUT2D eigenvalue weighted by molar-refractivity contribution is 5.80. The summed E-state index contributed by atoms with van der Waals surface area (Å²) in [5, 5.41) is 7.53. The van der Waals surface area contributed by atoms with Crippen LogP contribution in [0.15, 0.2) is 17.4 Å². The van der Waals surface area contributed by atoms with E-state index < -0.39 is 12.7 Å². The molecule has 2 rings (SSSR count). The minimum absolute atomic E-state index is 0.376. The van der Waals surface area contributed by atoms with Crippen LogP contribution in [-0.4, -0.2) is 78.0 Å². The van der Waals surface area contributed by atoms with Crippen molar-refractivity contribution in [1.29, 1.82) is 0 Å². The molecular weight excluding hydrogens is 345 g/mol. The first-order chi connectivity index (χ1) is 12.3. The lowest BCUT2D eigenvalue weighted by Crippen LogP contribution is -2.40. The first kappa shape index (κ1) is 20.5. The number of hydrogen-bond donors (Lipinski definition) is 1. The number of likely N-dealkylation sites (tertiary alicyclic amines) is 1. The van der Waals surface area contributed by atoms with Gasteiger partial charge in [0, 0.05) is 45.3 Å². The van der Waals surface area contributed by atoms with Crippen molar-refractivity contribution in [3.05, 3.63) is 18.0 Å². The quantitative estimate of drug-likeness (QED) is 0.451. The third kappa shape index (κ3) is 6.51. The fourth-order valence-corrected chi connectivity index (χ4v) is 3.21. The number of nitrogens with one attached hydrogen (secondary N) is 1. The predicted molar refractivity (Wildman–Crippen MR) is 96.3 cm³/mol. The lowest BCUT2D eigenvalue weighted by molar-refractivity contribution is -0.143. The fourth-order valence-electron chi connectivity index (χ4n) is 3.21. The summed E-state index contributed by atoms with van der Waals surface area (Å²) in [7, 11) is 3.40. The predicted octanol–water partition coefficient (Wildman–Crippen LogP) is 2.06. The maximum Gasteiger partial charge on any atom is 0.401 e. The van der Waals surface area contributed by atoms with Crippen LogP contribution in [0.5, 0.6) is 0 Å². The first-order valence-electron chi connectivity index (χ1n) is 9.05. The van der Waals surface area contributed by atoms with Gasteiger partial charge in [0.25, 0.3) is 0 Å². The Morgan fingerprint density at radius 3 is 2.85 bits per heavy atom. The Labute approximate surface area is 153 Å². The summed E-state index contributed by atoms with van der Waals surface area (Å²) in [5.41, 5.74) is 1.24. The Kier molecular flexibility index (Phi) is 7.31. The maximum absolute atomic E-state index is 12.3. The van der Waals surface area contributed by atoms with Crippen LogP contribution in [-0.2, 0) is 7.05 Å². The van der Waals surface area contributed by atoms with Gasteiger partial charge in [0.2, 0.25) is 0 Å². The smallest absolute Gasteiger partial charge is 0.357 e. The number of hydrogen-bond acceptors (Lipinski definition) is 3. The van der Waals surface area contributed by atoms with Gasteiger partial charge in [-0.25, -0.2) is 0 Å². The average molecular weight is 374 g/mol. The third-order valence-corrected chi connectivity index (χ3v) is 4.43. The number of guanidine groups is 1. The molecule has 1 N–H and O–H groups in total. The van der Waals surface area contributed by atoms with Gasteiger partial charge in [-0.1, -0.05) is 0 Å². The van der Waals surface area contributed by atoms with E-state index in [-0.39, 0.29) is 0 Å².